The molecule has 0 amide bonds. The summed E-state index contributed by atoms with van der Waals surface area (Å²) in [4.78, 5) is 0. The van der Waals surface area contributed by atoms with E-state index in [0.717, 1.165) is 29.4 Å². The van der Waals surface area contributed by atoms with Gasteiger partial charge in [-0.25, -0.2) is 0 Å². The molecular formula is C21H22O5. The van der Waals surface area contributed by atoms with Crippen molar-refractivity contribution in [1.82, 2.24) is 0 Å². The van der Waals surface area contributed by atoms with Crippen molar-refractivity contribution in [2.75, 3.05) is 20.7 Å². The summed E-state index contributed by atoms with van der Waals surface area (Å²) in [6, 6.07) is 8.48. The van der Waals surface area contributed by atoms with E-state index in [1.54, 1.807) is 7.11 Å². The van der Waals surface area contributed by atoms with Crippen LogP contribution in [0.2, 0.25) is 0 Å². The van der Waals surface area contributed by atoms with Crippen LogP contribution in [0.15, 0.2) is 24.3 Å². The highest BCUT2D eigenvalue weighted by Crippen LogP contribution is 2.51. The van der Waals surface area contributed by atoms with E-state index in [4.69, 9.17) is 23.7 Å². The van der Waals surface area contributed by atoms with Crippen LogP contribution in [0, 0.1) is 11.8 Å². The molecule has 136 valence electrons. The van der Waals surface area contributed by atoms with Gasteiger partial charge in [0, 0.05) is 5.92 Å². The van der Waals surface area contributed by atoms with E-state index < -0.39 is 0 Å². The largest absolute Gasteiger partial charge is 0.493 e. The summed E-state index contributed by atoms with van der Waals surface area (Å²) in [5.41, 5.74) is 3.83. The molecule has 2 aromatic carbocycles. The molecule has 0 saturated carbocycles. The summed E-state index contributed by atoms with van der Waals surface area (Å²) in [5, 5.41) is 0. The van der Waals surface area contributed by atoms with Crippen LogP contribution in [-0.4, -0.2) is 20.7 Å². The molecule has 0 radical (unpaired) electrons. The first-order valence-corrected chi connectivity index (χ1v) is 9.05. The standard InChI is InChI=1S/C21H22O5/c1-11-4-13-5-16-17(24-9-23-16)8-15(13)20(12(11)2)14-6-18(22-3)21-19(7-14)25-10-26-21/h5-8,11-12,20H,4,9-10H2,1-3H3. The van der Waals surface area contributed by atoms with Crippen LogP contribution in [0.5, 0.6) is 28.7 Å². The summed E-state index contributed by atoms with van der Waals surface area (Å²) in [6.45, 7) is 5.17. The van der Waals surface area contributed by atoms with Gasteiger partial charge in [-0.2, -0.15) is 0 Å². The van der Waals surface area contributed by atoms with E-state index in [2.05, 4.69) is 38.1 Å². The van der Waals surface area contributed by atoms with Gasteiger partial charge < -0.3 is 23.7 Å². The van der Waals surface area contributed by atoms with E-state index in [-0.39, 0.29) is 12.7 Å². The molecule has 1 aliphatic carbocycles. The first-order valence-electron chi connectivity index (χ1n) is 9.05. The van der Waals surface area contributed by atoms with Crippen molar-refractivity contribution in [3.05, 3.63) is 41.0 Å². The van der Waals surface area contributed by atoms with Gasteiger partial charge in [-0.15, -0.1) is 0 Å². The third-order valence-corrected chi connectivity index (χ3v) is 5.97. The highest BCUT2D eigenvalue weighted by atomic mass is 16.7. The maximum absolute atomic E-state index is 5.65. The molecule has 0 bridgehead atoms. The topological polar surface area (TPSA) is 46.2 Å². The van der Waals surface area contributed by atoms with Crippen molar-refractivity contribution >= 4 is 0 Å². The Kier molecular flexibility index (Phi) is 3.45. The van der Waals surface area contributed by atoms with Gasteiger partial charge in [0.05, 0.1) is 7.11 Å². The van der Waals surface area contributed by atoms with Crippen molar-refractivity contribution in [3.63, 3.8) is 0 Å². The van der Waals surface area contributed by atoms with Crippen molar-refractivity contribution in [2.24, 2.45) is 11.8 Å². The summed E-state index contributed by atoms with van der Waals surface area (Å²) < 4.78 is 28.0. The third kappa shape index (κ3) is 2.23. The molecule has 3 unspecified atom stereocenters. The van der Waals surface area contributed by atoms with Crippen LogP contribution in [0.3, 0.4) is 0 Å². The monoisotopic (exact) mass is 354 g/mol. The van der Waals surface area contributed by atoms with Gasteiger partial charge in [-0.3, -0.25) is 0 Å². The number of hydrogen-bond donors (Lipinski definition) is 0. The fourth-order valence-electron chi connectivity index (χ4n) is 4.42. The normalized spacial score (nSPS) is 25.1. The third-order valence-electron chi connectivity index (χ3n) is 5.97. The molecular weight excluding hydrogens is 332 g/mol. The molecule has 0 saturated heterocycles. The molecule has 26 heavy (non-hydrogen) atoms. The Balaban J connectivity index is 1.67. The van der Waals surface area contributed by atoms with E-state index >= 15 is 0 Å². The SMILES string of the molecule is COc1cc(C2c3cc4c(cc3CC(C)C2C)OCO4)cc2c1OCO2. The van der Waals surface area contributed by atoms with Crippen molar-refractivity contribution in [3.8, 4) is 28.7 Å². The van der Waals surface area contributed by atoms with Gasteiger partial charge in [0.15, 0.2) is 23.0 Å². The Morgan fingerprint density at radius 3 is 2.42 bits per heavy atom. The van der Waals surface area contributed by atoms with Crippen LogP contribution in [0.25, 0.3) is 0 Å². The van der Waals surface area contributed by atoms with Crippen LogP contribution < -0.4 is 23.7 Å². The van der Waals surface area contributed by atoms with Gasteiger partial charge in [0.1, 0.15) is 0 Å². The second-order valence-corrected chi connectivity index (χ2v) is 7.38. The van der Waals surface area contributed by atoms with Crippen LogP contribution in [0.4, 0.5) is 0 Å². The molecule has 2 aromatic rings. The van der Waals surface area contributed by atoms with Gasteiger partial charge in [0.2, 0.25) is 19.3 Å². The van der Waals surface area contributed by atoms with E-state index in [1.807, 2.05) is 0 Å². The Labute approximate surface area is 152 Å². The molecule has 2 aliphatic heterocycles. The molecule has 5 nitrogen and oxygen atoms in total. The number of ether oxygens (including phenoxy) is 5. The molecule has 5 rings (SSSR count). The summed E-state index contributed by atoms with van der Waals surface area (Å²) in [5.74, 6) is 5.15. The minimum atomic E-state index is 0.237. The number of methoxy groups -OCH3 is 1. The average Bonchev–Trinajstić information content (AvgIpc) is 3.28. The second kappa shape index (κ2) is 5.73. The molecule has 0 fully saturated rings. The van der Waals surface area contributed by atoms with Gasteiger partial charge in [0.25, 0.3) is 0 Å². The van der Waals surface area contributed by atoms with E-state index in [0.29, 0.717) is 24.4 Å². The van der Waals surface area contributed by atoms with Crippen LogP contribution >= 0.6 is 0 Å². The van der Waals surface area contributed by atoms with Crippen molar-refractivity contribution in [1.29, 1.82) is 0 Å². The van der Waals surface area contributed by atoms with Crippen molar-refractivity contribution < 1.29 is 23.7 Å². The summed E-state index contributed by atoms with van der Waals surface area (Å²) in [7, 11) is 1.67. The molecule has 2 heterocycles. The predicted molar refractivity (Wildman–Crippen MR) is 95.6 cm³/mol. The molecule has 3 aliphatic rings. The Bertz CT molecular complexity index is 875. The van der Waals surface area contributed by atoms with Gasteiger partial charge >= 0.3 is 0 Å². The van der Waals surface area contributed by atoms with Gasteiger partial charge in [-0.1, -0.05) is 13.8 Å². The smallest absolute Gasteiger partial charge is 0.231 e. The highest BCUT2D eigenvalue weighted by Gasteiger charge is 2.36. The first-order chi connectivity index (χ1) is 12.7. The predicted octanol–water partition coefficient (Wildman–Crippen LogP) is 4.11. The Morgan fingerprint density at radius 1 is 0.885 bits per heavy atom. The summed E-state index contributed by atoms with van der Waals surface area (Å²) in [6.07, 6.45) is 1.05. The minimum Gasteiger partial charge on any atom is -0.493 e. The zero-order chi connectivity index (χ0) is 17.8. The summed E-state index contributed by atoms with van der Waals surface area (Å²) >= 11 is 0. The maximum atomic E-state index is 5.65. The fourth-order valence-corrected chi connectivity index (χ4v) is 4.42. The molecule has 5 heteroatoms. The fraction of sp³-hybridized carbons (Fsp3) is 0.429. The number of benzene rings is 2. The zero-order valence-corrected chi connectivity index (χ0v) is 15.2. The lowest BCUT2D eigenvalue weighted by Gasteiger charge is -2.37. The van der Waals surface area contributed by atoms with E-state index in [1.165, 1.54) is 16.7 Å². The zero-order valence-electron chi connectivity index (χ0n) is 15.2. The highest BCUT2D eigenvalue weighted by molar-refractivity contribution is 5.59. The maximum Gasteiger partial charge on any atom is 0.231 e. The average molecular weight is 354 g/mol. The number of fused-ring (bicyclic) bond motifs is 3. The molecule has 0 aromatic heterocycles. The van der Waals surface area contributed by atoms with E-state index in [9.17, 15) is 0 Å². The lowest BCUT2D eigenvalue weighted by atomic mass is 9.68. The Morgan fingerprint density at radius 2 is 1.62 bits per heavy atom. The minimum absolute atomic E-state index is 0.237. The molecule has 0 N–H and O–H groups in total. The van der Waals surface area contributed by atoms with Crippen LogP contribution in [0.1, 0.15) is 36.5 Å². The first kappa shape index (κ1) is 15.7. The lowest BCUT2D eigenvalue weighted by Crippen LogP contribution is -2.26. The van der Waals surface area contributed by atoms with Gasteiger partial charge in [-0.05, 0) is 59.2 Å². The molecule has 3 atom stereocenters. The second-order valence-electron chi connectivity index (χ2n) is 7.38. The Hall–Kier alpha value is -2.56. The number of hydrogen-bond acceptors (Lipinski definition) is 5. The van der Waals surface area contributed by atoms with Crippen molar-refractivity contribution in [2.45, 2.75) is 26.2 Å². The quantitative estimate of drug-likeness (QED) is 0.812. The lowest BCUT2D eigenvalue weighted by molar-refractivity contribution is 0.171. The molecule has 0 spiro atoms. The van der Waals surface area contributed by atoms with Crippen LogP contribution in [-0.2, 0) is 6.42 Å². The number of rotatable bonds is 2.